The van der Waals surface area contributed by atoms with Gasteiger partial charge in [-0.05, 0) is 104 Å². The minimum absolute atomic E-state index is 0.00114. The van der Waals surface area contributed by atoms with Gasteiger partial charge in [0.15, 0.2) is 5.78 Å². The van der Waals surface area contributed by atoms with E-state index in [4.69, 9.17) is 4.74 Å². The summed E-state index contributed by atoms with van der Waals surface area (Å²) in [6.45, 7) is 7.46. The maximum atomic E-state index is 14.5. The molecule has 5 aromatic rings. The topological polar surface area (TPSA) is 91.8 Å². The molecule has 0 aliphatic carbocycles. The van der Waals surface area contributed by atoms with E-state index in [0.29, 0.717) is 46.0 Å². The van der Waals surface area contributed by atoms with Crippen LogP contribution in [-0.4, -0.2) is 55.4 Å². The summed E-state index contributed by atoms with van der Waals surface area (Å²) in [5.41, 5.74) is 6.60. The Kier molecular flexibility index (Phi) is 8.97. The zero-order chi connectivity index (χ0) is 36.0. The number of para-hydroxylation sites is 1. The van der Waals surface area contributed by atoms with Crippen LogP contribution in [0.5, 0.6) is 0 Å². The number of carbonyl (C=O) groups excluding carboxylic acids is 3. The van der Waals surface area contributed by atoms with Crippen molar-refractivity contribution < 1.29 is 23.5 Å². The summed E-state index contributed by atoms with van der Waals surface area (Å²) in [4.78, 5) is 51.2. The number of anilines is 3. The quantitative estimate of drug-likeness (QED) is 0.172. The highest BCUT2D eigenvalue weighted by Gasteiger charge is 2.42. The highest BCUT2D eigenvalue weighted by molar-refractivity contribution is 7.17. The molecule has 3 aromatic carbocycles. The Morgan fingerprint density at radius 1 is 0.942 bits per heavy atom. The maximum Gasteiger partial charge on any atom is 0.259 e. The van der Waals surface area contributed by atoms with Crippen molar-refractivity contribution in [3.63, 3.8) is 0 Å². The lowest BCUT2D eigenvalue weighted by molar-refractivity contribution is -0.124. The molecule has 5 heterocycles. The van der Waals surface area contributed by atoms with Crippen LogP contribution < -0.4 is 15.1 Å². The second kappa shape index (κ2) is 13.7. The summed E-state index contributed by atoms with van der Waals surface area (Å²) in [6.07, 6.45) is 4.40. The monoisotopic (exact) mass is 714 g/mol. The number of rotatable bonds is 7. The van der Waals surface area contributed by atoms with E-state index < -0.39 is 0 Å². The lowest BCUT2D eigenvalue weighted by atomic mass is 9.77. The van der Waals surface area contributed by atoms with Crippen LogP contribution in [0.3, 0.4) is 0 Å². The number of ether oxygens (including phenoxy) is 1. The average molecular weight is 715 g/mol. The number of piperidine rings is 1. The van der Waals surface area contributed by atoms with Crippen molar-refractivity contribution in [3.05, 3.63) is 129 Å². The molecule has 0 unspecified atom stereocenters. The Bertz CT molecular complexity index is 2180. The largest absolute Gasteiger partial charge is 0.380 e. The van der Waals surface area contributed by atoms with Gasteiger partial charge < -0.3 is 19.9 Å². The summed E-state index contributed by atoms with van der Waals surface area (Å²) in [5.74, 6) is -0.202. The van der Waals surface area contributed by atoms with Gasteiger partial charge in [0.05, 0.1) is 29.3 Å². The minimum atomic E-state index is -0.370. The Labute approximate surface area is 306 Å². The van der Waals surface area contributed by atoms with Crippen molar-refractivity contribution in [1.82, 2.24) is 4.98 Å². The lowest BCUT2D eigenvalue weighted by Crippen LogP contribution is -2.51. The summed E-state index contributed by atoms with van der Waals surface area (Å²) in [7, 11) is 0. The van der Waals surface area contributed by atoms with Crippen LogP contribution in [0, 0.1) is 25.1 Å². The van der Waals surface area contributed by atoms with Gasteiger partial charge in [0.1, 0.15) is 11.6 Å². The summed E-state index contributed by atoms with van der Waals surface area (Å²) < 4.78 is 20.0. The van der Waals surface area contributed by atoms with E-state index in [0.717, 1.165) is 72.0 Å². The molecule has 0 radical (unpaired) electrons. The summed E-state index contributed by atoms with van der Waals surface area (Å²) in [5, 5.41) is 3.02. The first-order chi connectivity index (χ1) is 25.2. The first kappa shape index (κ1) is 33.9. The molecule has 1 spiro atoms. The van der Waals surface area contributed by atoms with Crippen molar-refractivity contribution in [1.29, 1.82) is 0 Å². The standard InChI is InChI=1S/C42H39FN4O4S/c1-26-20-33(39(44-23-26)46-18-15-42(16-19-46)24-51-25-42)40(49)45-30-12-10-28(11-13-30)41(50)47-17-14-29-21-37(52-38(29)31-7-3-4-9-35(31)47)36(48)22-32-27(2)6-5-8-34(32)43/h3-13,20-21,23H,14-19,22,24-25H2,1-2H3,(H,45,49). The van der Waals surface area contributed by atoms with E-state index in [1.807, 2.05) is 56.3 Å². The second-order valence-electron chi connectivity index (χ2n) is 14.2. The number of carbonyl (C=O) groups is 3. The van der Waals surface area contributed by atoms with E-state index in [9.17, 15) is 18.8 Å². The van der Waals surface area contributed by atoms with Crippen molar-refractivity contribution in [2.24, 2.45) is 5.41 Å². The SMILES string of the molecule is Cc1cnc(N2CCC3(CC2)COC3)c(C(=O)Nc2ccc(C(=O)N3CCc4cc(C(=O)Cc5c(C)cccc5F)sc4-c4ccccc43)cc2)c1. The number of pyridine rings is 1. The first-order valence-corrected chi connectivity index (χ1v) is 18.5. The third-order valence-electron chi connectivity index (χ3n) is 10.6. The Morgan fingerprint density at radius 3 is 2.44 bits per heavy atom. The number of hydrogen-bond acceptors (Lipinski definition) is 7. The number of aryl methyl sites for hydroxylation is 2. The molecule has 10 heteroatoms. The molecule has 2 aromatic heterocycles. The van der Waals surface area contributed by atoms with Crippen LogP contribution in [0.25, 0.3) is 10.4 Å². The molecule has 2 amide bonds. The third-order valence-corrected chi connectivity index (χ3v) is 11.9. The van der Waals surface area contributed by atoms with Gasteiger partial charge in [0.25, 0.3) is 11.8 Å². The second-order valence-corrected chi connectivity index (χ2v) is 15.3. The number of aromatic nitrogens is 1. The lowest BCUT2D eigenvalue weighted by Gasteiger charge is -2.47. The smallest absolute Gasteiger partial charge is 0.259 e. The first-order valence-electron chi connectivity index (χ1n) is 17.7. The van der Waals surface area contributed by atoms with E-state index in [1.165, 1.54) is 17.4 Å². The number of fused-ring (bicyclic) bond motifs is 3. The Balaban J connectivity index is 0.978. The number of nitrogens with one attached hydrogen (secondary N) is 1. The van der Waals surface area contributed by atoms with Crippen molar-refractivity contribution >= 4 is 46.1 Å². The van der Waals surface area contributed by atoms with Gasteiger partial charge in [-0.1, -0.05) is 30.3 Å². The zero-order valence-electron chi connectivity index (χ0n) is 29.2. The van der Waals surface area contributed by atoms with Gasteiger partial charge in [-0.25, -0.2) is 9.37 Å². The molecule has 3 aliphatic heterocycles. The Morgan fingerprint density at radius 2 is 1.71 bits per heavy atom. The van der Waals surface area contributed by atoms with Crippen LogP contribution in [0.4, 0.5) is 21.6 Å². The molecule has 2 saturated heterocycles. The van der Waals surface area contributed by atoms with Gasteiger partial charge in [0, 0.05) is 59.4 Å². The average Bonchev–Trinajstić information content (AvgIpc) is 3.51. The number of Topliss-reactive ketones (excluding diaryl/α,β-unsaturated/α-hetero) is 1. The predicted octanol–water partition coefficient (Wildman–Crippen LogP) is 8.06. The maximum absolute atomic E-state index is 14.5. The number of benzene rings is 3. The molecule has 0 saturated carbocycles. The normalized spacial score (nSPS) is 16.1. The number of hydrogen-bond donors (Lipinski definition) is 1. The predicted molar refractivity (Wildman–Crippen MR) is 202 cm³/mol. The molecule has 8 rings (SSSR count). The molecule has 3 aliphatic rings. The van der Waals surface area contributed by atoms with E-state index in [1.54, 1.807) is 41.4 Å². The number of amides is 2. The molecular formula is C42H39FN4O4S. The zero-order valence-corrected chi connectivity index (χ0v) is 30.0. The number of halogens is 1. The summed E-state index contributed by atoms with van der Waals surface area (Å²) in [6, 6.07) is 23.4. The fraction of sp³-hybridized carbons (Fsp3) is 0.286. The molecule has 1 N–H and O–H groups in total. The van der Waals surface area contributed by atoms with E-state index in [-0.39, 0.29) is 35.3 Å². The Hall–Kier alpha value is -5.19. The molecule has 0 atom stereocenters. The fourth-order valence-electron chi connectivity index (χ4n) is 7.49. The van der Waals surface area contributed by atoms with Gasteiger partial charge in [-0.15, -0.1) is 11.3 Å². The molecule has 52 heavy (non-hydrogen) atoms. The molecular weight excluding hydrogens is 676 g/mol. The number of ketones is 1. The van der Waals surface area contributed by atoms with Crippen molar-refractivity contribution in [2.45, 2.75) is 39.5 Å². The van der Waals surface area contributed by atoms with Crippen LogP contribution in [0.2, 0.25) is 0 Å². The summed E-state index contributed by atoms with van der Waals surface area (Å²) >= 11 is 1.40. The van der Waals surface area contributed by atoms with Gasteiger partial charge in [-0.2, -0.15) is 0 Å². The molecule has 0 bridgehead atoms. The van der Waals surface area contributed by atoms with Crippen molar-refractivity contribution in [3.8, 4) is 10.4 Å². The van der Waals surface area contributed by atoms with Crippen molar-refractivity contribution in [2.75, 3.05) is 48.0 Å². The van der Waals surface area contributed by atoms with Gasteiger partial charge in [-0.3, -0.25) is 14.4 Å². The molecule has 8 nitrogen and oxygen atoms in total. The van der Waals surface area contributed by atoms with E-state index >= 15 is 0 Å². The highest BCUT2D eigenvalue weighted by Crippen LogP contribution is 2.43. The van der Waals surface area contributed by atoms with Crippen LogP contribution in [0.15, 0.2) is 85.1 Å². The minimum Gasteiger partial charge on any atom is -0.380 e. The van der Waals surface area contributed by atoms with Gasteiger partial charge >= 0.3 is 0 Å². The van der Waals surface area contributed by atoms with Gasteiger partial charge in [0.2, 0.25) is 0 Å². The molecule has 264 valence electrons. The fourth-order valence-corrected chi connectivity index (χ4v) is 8.67. The number of thiophene rings is 1. The third kappa shape index (κ3) is 6.41. The van der Waals surface area contributed by atoms with Crippen LogP contribution >= 0.6 is 11.3 Å². The molecule has 2 fully saturated rings. The number of nitrogens with zero attached hydrogens (tertiary/aromatic N) is 3. The van der Waals surface area contributed by atoms with E-state index in [2.05, 4.69) is 15.2 Å². The van der Waals surface area contributed by atoms with Crippen LogP contribution in [-0.2, 0) is 17.6 Å². The van der Waals surface area contributed by atoms with Crippen LogP contribution in [0.1, 0.15) is 65.5 Å². The highest BCUT2D eigenvalue weighted by atomic mass is 32.1.